The number of fused-ring (bicyclic) bond motifs is 2. The van der Waals surface area contributed by atoms with E-state index in [-0.39, 0.29) is 5.92 Å². The van der Waals surface area contributed by atoms with Gasteiger partial charge in [0.05, 0.1) is 0 Å². The van der Waals surface area contributed by atoms with E-state index < -0.39 is 0 Å². The lowest BCUT2D eigenvalue weighted by atomic mass is 9.65. The number of hydrogen-bond donors (Lipinski definition) is 1. The molecule has 2 unspecified atom stereocenters. The fourth-order valence-electron chi connectivity index (χ4n) is 5.37. The van der Waals surface area contributed by atoms with E-state index in [9.17, 15) is 4.79 Å². The van der Waals surface area contributed by atoms with Crippen LogP contribution in [0, 0.1) is 17.8 Å². The van der Waals surface area contributed by atoms with Crippen molar-refractivity contribution < 1.29 is 4.79 Å². The van der Waals surface area contributed by atoms with Gasteiger partial charge in [-0.05, 0) is 49.5 Å². The van der Waals surface area contributed by atoms with Crippen LogP contribution in [0.15, 0.2) is 30.3 Å². The monoisotopic (exact) mass is 355 g/mol. The van der Waals surface area contributed by atoms with Crippen molar-refractivity contribution in [2.24, 2.45) is 23.5 Å². The molecule has 1 heterocycles. The maximum absolute atomic E-state index is 13.0. The molecule has 3 fully saturated rings. The fourth-order valence-corrected chi connectivity index (χ4v) is 5.37. The molecule has 3 aliphatic rings. The third kappa shape index (κ3) is 3.96. The zero-order valence-electron chi connectivity index (χ0n) is 15.9. The zero-order chi connectivity index (χ0) is 17.9. The summed E-state index contributed by atoms with van der Waals surface area (Å²) in [6.45, 7) is 4.90. The van der Waals surface area contributed by atoms with Crippen LogP contribution in [-0.2, 0) is 11.2 Å². The predicted octanol–water partition coefficient (Wildman–Crippen LogP) is 2.53. The van der Waals surface area contributed by atoms with E-state index in [1.807, 2.05) is 0 Å². The minimum absolute atomic E-state index is 0.237. The molecule has 2 aliphatic carbocycles. The molecule has 1 amide bonds. The zero-order valence-corrected chi connectivity index (χ0v) is 15.9. The summed E-state index contributed by atoms with van der Waals surface area (Å²) < 4.78 is 0. The van der Waals surface area contributed by atoms with Crippen LogP contribution in [0.25, 0.3) is 0 Å². The molecule has 2 saturated carbocycles. The predicted molar refractivity (Wildman–Crippen MR) is 105 cm³/mol. The van der Waals surface area contributed by atoms with Crippen molar-refractivity contribution >= 4 is 5.91 Å². The molecule has 2 bridgehead atoms. The van der Waals surface area contributed by atoms with Gasteiger partial charge in [-0.3, -0.25) is 9.69 Å². The lowest BCUT2D eigenvalue weighted by Gasteiger charge is -2.45. The first-order valence-corrected chi connectivity index (χ1v) is 10.5. The first kappa shape index (κ1) is 18.0. The Kier molecular flexibility index (Phi) is 5.60. The number of piperazine rings is 1. The quantitative estimate of drug-likeness (QED) is 0.903. The van der Waals surface area contributed by atoms with Gasteiger partial charge in [-0.25, -0.2) is 0 Å². The van der Waals surface area contributed by atoms with E-state index in [1.54, 1.807) is 0 Å². The second-order valence-corrected chi connectivity index (χ2v) is 8.60. The molecular formula is C22H33N3O. The van der Waals surface area contributed by atoms with Gasteiger partial charge in [0.1, 0.15) is 0 Å². The first-order valence-electron chi connectivity index (χ1n) is 10.5. The summed E-state index contributed by atoms with van der Waals surface area (Å²) in [4.78, 5) is 17.7. The van der Waals surface area contributed by atoms with Gasteiger partial charge in [0.25, 0.3) is 0 Å². The van der Waals surface area contributed by atoms with Crippen LogP contribution in [-0.4, -0.2) is 54.5 Å². The summed E-state index contributed by atoms with van der Waals surface area (Å²) in [5.74, 6) is 1.82. The topological polar surface area (TPSA) is 49.6 Å². The van der Waals surface area contributed by atoms with E-state index in [2.05, 4.69) is 40.1 Å². The Morgan fingerprint density at radius 2 is 1.65 bits per heavy atom. The fraction of sp³-hybridized carbons (Fsp3) is 0.682. The SMILES string of the molecule is NC1C2CCCC1CC(C(=O)N1CCN(CCc3ccccc3)CC1)C2. The van der Waals surface area contributed by atoms with Crippen molar-refractivity contribution in [1.29, 1.82) is 0 Å². The van der Waals surface area contributed by atoms with Gasteiger partial charge in [-0.1, -0.05) is 36.8 Å². The minimum Gasteiger partial charge on any atom is -0.340 e. The smallest absolute Gasteiger partial charge is 0.225 e. The number of rotatable bonds is 4. The Labute approximate surface area is 157 Å². The summed E-state index contributed by atoms with van der Waals surface area (Å²) in [6, 6.07) is 11.0. The molecule has 2 N–H and O–H groups in total. The highest BCUT2D eigenvalue weighted by Crippen LogP contribution is 2.42. The van der Waals surface area contributed by atoms with Crippen molar-refractivity contribution in [3.8, 4) is 0 Å². The van der Waals surface area contributed by atoms with Crippen molar-refractivity contribution in [2.75, 3.05) is 32.7 Å². The van der Waals surface area contributed by atoms with Crippen molar-refractivity contribution in [1.82, 2.24) is 9.80 Å². The summed E-state index contributed by atoms with van der Waals surface area (Å²) in [5.41, 5.74) is 7.79. The summed E-state index contributed by atoms with van der Waals surface area (Å²) >= 11 is 0. The Morgan fingerprint density at radius 1 is 1.00 bits per heavy atom. The van der Waals surface area contributed by atoms with E-state index in [0.717, 1.165) is 52.0 Å². The molecule has 0 spiro atoms. The molecule has 4 nitrogen and oxygen atoms in total. The second kappa shape index (κ2) is 8.10. The Morgan fingerprint density at radius 3 is 2.31 bits per heavy atom. The van der Waals surface area contributed by atoms with Crippen molar-refractivity contribution in [2.45, 2.75) is 44.6 Å². The molecule has 0 radical (unpaired) electrons. The molecule has 142 valence electrons. The first-order chi connectivity index (χ1) is 12.7. The second-order valence-electron chi connectivity index (χ2n) is 8.60. The van der Waals surface area contributed by atoms with E-state index in [0.29, 0.717) is 23.8 Å². The molecule has 0 aromatic heterocycles. The maximum atomic E-state index is 13.0. The minimum atomic E-state index is 0.237. The molecule has 26 heavy (non-hydrogen) atoms. The molecule has 1 aliphatic heterocycles. The number of hydrogen-bond acceptors (Lipinski definition) is 3. The number of nitrogens with two attached hydrogens (primary N) is 1. The maximum Gasteiger partial charge on any atom is 0.225 e. The third-order valence-electron chi connectivity index (χ3n) is 7.01. The Bertz CT molecular complexity index is 583. The van der Waals surface area contributed by atoms with Crippen LogP contribution >= 0.6 is 0 Å². The van der Waals surface area contributed by atoms with Crippen LogP contribution < -0.4 is 5.73 Å². The molecular weight excluding hydrogens is 322 g/mol. The number of carbonyl (C=O) groups is 1. The molecule has 1 saturated heterocycles. The number of carbonyl (C=O) groups excluding carboxylic acids is 1. The average Bonchev–Trinajstić information content (AvgIpc) is 2.67. The van der Waals surface area contributed by atoms with Gasteiger partial charge in [-0.15, -0.1) is 0 Å². The molecule has 1 aromatic rings. The van der Waals surface area contributed by atoms with Crippen LogP contribution in [0.1, 0.15) is 37.7 Å². The van der Waals surface area contributed by atoms with Gasteiger partial charge in [0.2, 0.25) is 5.91 Å². The Hall–Kier alpha value is -1.39. The lowest BCUT2D eigenvalue weighted by Crippen LogP contribution is -2.53. The average molecular weight is 356 g/mol. The molecule has 4 heteroatoms. The highest BCUT2D eigenvalue weighted by molar-refractivity contribution is 5.79. The van der Waals surface area contributed by atoms with E-state index in [4.69, 9.17) is 5.73 Å². The van der Waals surface area contributed by atoms with E-state index in [1.165, 1.54) is 24.8 Å². The largest absolute Gasteiger partial charge is 0.340 e. The van der Waals surface area contributed by atoms with E-state index >= 15 is 0 Å². The highest BCUT2D eigenvalue weighted by Gasteiger charge is 2.41. The number of amides is 1. The standard InChI is InChI=1S/C22H33N3O/c23-21-18-7-4-8-19(21)16-20(15-18)22(26)25-13-11-24(12-14-25)10-9-17-5-2-1-3-6-17/h1-3,5-6,18-21H,4,7-16,23H2. The number of benzene rings is 1. The highest BCUT2D eigenvalue weighted by atomic mass is 16.2. The van der Waals surface area contributed by atoms with Gasteiger partial charge in [0.15, 0.2) is 0 Å². The van der Waals surface area contributed by atoms with Crippen molar-refractivity contribution in [3.05, 3.63) is 35.9 Å². The summed E-state index contributed by atoms with van der Waals surface area (Å²) in [7, 11) is 0. The third-order valence-corrected chi connectivity index (χ3v) is 7.01. The normalized spacial score (nSPS) is 32.4. The van der Waals surface area contributed by atoms with Crippen LogP contribution in [0.3, 0.4) is 0 Å². The van der Waals surface area contributed by atoms with Crippen LogP contribution in [0.2, 0.25) is 0 Å². The summed E-state index contributed by atoms with van der Waals surface area (Å²) in [5, 5.41) is 0. The summed E-state index contributed by atoms with van der Waals surface area (Å²) in [6.07, 6.45) is 6.93. The molecule has 2 atom stereocenters. The number of nitrogens with zero attached hydrogens (tertiary/aromatic N) is 2. The van der Waals surface area contributed by atoms with Gasteiger partial charge < -0.3 is 10.6 Å². The van der Waals surface area contributed by atoms with Gasteiger partial charge in [-0.2, -0.15) is 0 Å². The van der Waals surface area contributed by atoms with Gasteiger partial charge >= 0.3 is 0 Å². The molecule has 1 aromatic carbocycles. The lowest BCUT2D eigenvalue weighted by molar-refractivity contribution is -0.140. The van der Waals surface area contributed by atoms with Gasteiger partial charge in [0, 0.05) is 44.7 Å². The van der Waals surface area contributed by atoms with Crippen LogP contribution in [0.5, 0.6) is 0 Å². The van der Waals surface area contributed by atoms with Crippen molar-refractivity contribution in [3.63, 3.8) is 0 Å². The Balaban J connectivity index is 1.25. The molecule has 4 rings (SSSR count). The van der Waals surface area contributed by atoms with Crippen LogP contribution in [0.4, 0.5) is 0 Å².